The standard InChI is InChI=1S/C19H23NO3/c1-20(2)13-14-23-19(21)18(15-7-5-4-6-8-15)16-9-11-17(22-3)12-10-16/h4-12,18H,13-14H2,1-3H3/t18-/m0/s1. The first-order chi connectivity index (χ1) is 11.1. The molecule has 0 radical (unpaired) electrons. The van der Waals surface area contributed by atoms with E-state index in [9.17, 15) is 4.79 Å². The smallest absolute Gasteiger partial charge is 0.317 e. The van der Waals surface area contributed by atoms with Gasteiger partial charge in [-0.15, -0.1) is 0 Å². The Morgan fingerprint density at radius 2 is 1.61 bits per heavy atom. The topological polar surface area (TPSA) is 38.8 Å². The fourth-order valence-corrected chi connectivity index (χ4v) is 2.32. The number of methoxy groups -OCH3 is 1. The Labute approximate surface area is 137 Å². The van der Waals surface area contributed by atoms with E-state index in [1.165, 1.54) is 0 Å². The van der Waals surface area contributed by atoms with Gasteiger partial charge in [0.2, 0.25) is 0 Å². The molecule has 1 atom stereocenters. The van der Waals surface area contributed by atoms with Crippen LogP contribution in [0.2, 0.25) is 0 Å². The number of nitrogens with zero attached hydrogens (tertiary/aromatic N) is 1. The lowest BCUT2D eigenvalue weighted by atomic mass is 9.91. The summed E-state index contributed by atoms with van der Waals surface area (Å²) < 4.78 is 10.7. The molecule has 0 heterocycles. The average molecular weight is 313 g/mol. The molecule has 0 amide bonds. The van der Waals surface area contributed by atoms with E-state index in [0.717, 1.165) is 16.9 Å². The minimum Gasteiger partial charge on any atom is -0.497 e. The van der Waals surface area contributed by atoms with Crippen molar-refractivity contribution in [3.63, 3.8) is 0 Å². The number of carbonyl (C=O) groups excluding carboxylic acids is 1. The van der Waals surface area contributed by atoms with Gasteiger partial charge in [0.25, 0.3) is 0 Å². The molecule has 2 aromatic rings. The van der Waals surface area contributed by atoms with Gasteiger partial charge in [-0.25, -0.2) is 0 Å². The Balaban J connectivity index is 2.22. The predicted molar refractivity (Wildman–Crippen MR) is 90.8 cm³/mol. The largest absolute Gasteiger partial charge is 0.497 e. The first-order valence-corrected chi connectivity index (χ1v) is 7.62. The van der Waals surface area contributed by atoms with Crippen LogP contribution < -0.4 is 4.74 Å². The molecule has 4 nitrogen and oxygen atoms in total. The number of esters is 1. The first kappa shape index (κ1) is 17.0. The number of hydrogen-bond acceptors (Lipinski definition) is 4. The minimum absolute atomic E-state index is 0.233. The summed E-state index contributed by atoms with van der Waals surface area (Å²) in [7, 11) is 5.52. The van der Waals surface area contributed by atoms with Gasteiger partial charge in [0, 0.05) is 6.54 Å². The summed E-state index contributed by atoms with van der Waals surface area (Å²) in [6.45, 7) is 1.08. The molecule has 0 saturated heterocycles. The molecule has 0 aliphatic heterocycles. The third-order valence-corrected chi connectivity index (χ3v) is 3.60. The van der Waals surface area contributed by atoms with Gasteiger partial charge in [-0.2, -0.15) is 0 Å². The van der Waals surface area contributed by atoms with Crippen LogP contribution in [0.1, 0.15) is 17.0 Å². The monoisotopic (exact) mass is 313 g/mol. The molecule has 0 N–H and O–H groups in total. The Morgan fingerprint density at radius 3 is 2.17 bits per heavy atom. The lowest BCUT2D eigenvalue weighted by Gasteiger charge is -2.18. The van der Waals surface area contributed by atoms with Crippen LogP contribution in [-0.4, -0.2) is 45.2 Å². The zero-order chi connectivity index (χ0) is 16.7. The van der Waals surface area contributed by atoms with E-state index in [2.05, 4.69) is 0 Å². The summed E-state index contributed by atoms with van der Waals surface area (Å²) in [6.07, 6.45) is 0. The highest BCUT2D eigenvalue weighted by molar-refractivity contribution is 5.82. The van der Waals surface area contributed by atoms with Crippen molar-refractivity contribution in [1.29, 1.82) is 0 Å². The van der Waals surface area contributed by atoms with E-state index in [1.807, 2.05) is 73.6 Å². The van der Waals surface area contributed by atoms with Crippen molar-refractivity contribution < 1.29 is 14.3 Å². The van der Waals surface area contributed by atoms with Crippen LogP contribution in [0, 0.1) is 0 Å². The van der Waals surface area contributed by atoms with Crippen molar-refractivity contribution in [3.05, 3.63) is 65.7 Å². The van der Waals surface area contributed by atoms with Crippen LogP contribution in [0.4, 0.5) is 0 Å². The molecular weight excluding hydrogens is 290 g/mol. The van der Waals surface area contributed by atoms with Crippen LogP contribution in [0.5, 0.6) is 5.75 Å². The molecule has 23 heavy (non-hydrogen) atoms. The normalized spacial score (nSPS) is 12.0. The van der Waals surface area contributed by atoms with Crippen LogP contribution in [0.15, 0.2) is 54.6 Å². The third-order valence-electron chi connectivity index (χ3n) is 3.60. The molecule has 0 fully saturated rings. The maximum absolute atomic E-state index is 12.6. The SMILES string of the molecule is COc1ccc([C@@H](C(=O)OCCN(C)C)c2ccccc2)cc1. The summed E-state index contributed by atoms with van der Waals surface area (Å²) >= 11 is 0. The zero-order valence-corrected chi connectivity index (χ0v) is 13.9. The highest BCUT2D eigenvalue weighted by Gasteiger charge is 2.24. The number of likely N-dealkylation sites (N-methyl/N-ethyl adjacent to an activating group) is 1. The van der Waals surface area contributed by atoms with Gasteiger partial charge in [-0.05, 0) is 37.4 Å². The van der Waals surface area contributed by atoms with Crippen molar-refractivity contribution in [2.45, 2.75) is 5.92 Å². The molecule has 0 aliphatic carbocycles. The van der Waals surface area contributed by atoms with Gasteiger partial charge in [0.05, 0.1) is 7.11 Å². The van der Waals surface area contributed by atoms with Crippen molar-refractivity contribution in [2.75, 3.05) is 34.4 Å². The van der Waals surface area contributed by atoms with E-state index in [1.54, 1.807) is 7.11 Å². The van der Waals surface area contributed by atoms with E-state index >= 15 is 0 Å². The Morgan fingerprint density at radius 1 is 1.00 bits per heavy atom. The number of hydrogen-bond donors (Lipinski definition) is 0. The molecule has 2 aromatic carbocycles. The Hall–Kier alpha value is -2.33. The fourth-order valence-electron chi connectivity index (χ4n) is 2.32. The summed E-state index contributed by atoms with van der Waals surface area (Å²) in [4.78, 5) is 14.6. The van der Waals surface area contributed by atoms with Gasteiger partial charge < -0.3 is 14.4 Å². The molecule has 4 heteroatoms. The summed E-state index contributed by atoms with van der Waals surface area (Å²) in [5.74, 6) is 0.106. The summed E-state index contributed by atoms with van der Waals surface area (Å²) in [5, 5.41) is 0. The number of rotatable bonds is 7. The molecule has 0 bridgehead atoms. The maximum atomic E-state index is 12.6. The molecule has 0 saturated carbocycles. The van der Waals surface area contributed by atoms with E-state index < -0.39 is 5.92 Å². The van der Waals surface area contributed by atoms with Crippen molar-refractivity contribution in [1.82, 2.24) is 4.90 Å². The van der Waals surface area contributed by atoms with Gasteiger partial charge in [-0.3, -0.25) is 4.79 Å². The number of benzene rings is 2. The molecule has 0 aliphatic rings. The van der Waals surface area contributed by atoms with Crippen LogP contribution in [-0.2, 0) is 9.53 Å². The van der Waals surface area contributed by atoms with Crippen molar-refractivity contribution in [2.24, 2.45) is 0 Å². The summed E-state index contributed by atoms with van der Waals surface area (Å²) in [6, 6.07) is 17.2. The van der Waals surface area contributed by atoms with Gasteiger partial charge in [0.1, 0.15) is 18.3 Å². The highest BCUT2D eigenvalue weighted by atomic mass is 16.5. The third kappa shape index (κ3) is 4.83. The maximum Gasteiger partial charge on any atom is 0.317 e. The average Bonchev–Trinajstić information content (AvgIpc) is 2.56. The van der Waals surface area contributed by atoms with Crippen LogP contribution in [0.25, 0.3) is 0 Å². The Bertz CT molecular complexity index is 608. The quantitative estimate of drug-likeness (QED) is 0.737. The second kappa shape index (κ2) is 8.34. The van der Waals surface area contributed by atoms with E-state index in [0.29, 0.717) is 13.2 Å². The minimum atomic E-state index is -0.427. The van der Waals surface area contributed by atoms with Crippen molar-refractivity contribution >= 4 is 5.97 Å². The molecule has 2 rings (SSSR count). The van der Waals surface area contributed by atoms with E-state index in [4.69, 9.17) is 9.47 Å². The number of carbonyl (C=O) groups is 1. The van der Waals surface area contributed by atoms with Gasteiger partial charge >= 0.3 is 5.97 Å². The lowest BCUT2D eigenvalue weighted by molar-refractivity contribution is -0.144. The van der Waals surface area contributed by atoms with Gasteiger partial charge in [0.15, 0.2) is 0 Å². The van der Waals surface area contributed by atoms with Crippen LogP contribution in [0.3, 0.4) is 0 Å². The molecule has 0 aromatic heterocycles. The first-order valence-electron chi connectivity index (χ1n) is 7.62. The lowest BCUT2D eigenvalue weighted by Crippen LogP contribution is -2.23. The van der Waals surface area contributed by atoms with Gasteiger partial charge in [-0.1, -0.05) is 42.5 Å². The highest BCUT2D eigenvalue weighted by Crippen LogP contribution is 2.27. The molecular formula is C19H23NO3. The summed E-state index contributed by atoms with van der Waals surface area (Å²) in [5.41, 5.74) is 1.82. The zero-order valence-electron chi connectivity index (χ0n) is 13.9. The van der Waals surface area contributed by atoms with E-state index in [-0.39, 0.29) is 5.97 Å². The predicted octanol–water partition coefficient (Wildman–Crippen LogP) is 2.93. The molecule has 122 valence electrons. The Kier molecular flexibility index (Phi) is 6.18. The second-order valence-corrected chi connectivity index (χ2v) is 5.59. The molecule has 0 spiro atoms. The van der Waals surface area contributed by atoms with Crippen molar-refractivity contribution in [3.8, 4) is 5.75 Å². The van der Waals surface area contributed by atoms with Crippen LogP contribution >= 0.6 is 0 Å². The second-order valence-electron chi connectivity index (χ2n) is 5.59. The fraction of sp³-hybridized carbons (Fsp3) is 0.316. The molecule has 0 unspecified atom stereocenters. The number of ether oxygens (including phenoxy) is 2.